The quantitative estimate of drug-likeness (QED) is 0.888. The van der Waals surface area contributed by atoms with Crippen LogP contribution in [0.2, 0.25) is 0 Å². The van der Waals surface area contributed by atoms with E-state index in [1.165, 1.54) is 7.11 Å². The molecule has 0 radical (unpaired) electrons. The highest BCUT2D eigenvalue weighted by atomic mass is 19.4. The molecule has 2 aromatic heterocycles. The number of aryl methyl sites for hydroxylation is 1. The van der Waals surface area contributed by atoms with E-state index >= 15 is 0 Å². The molecule has 136 valence electrons. The van der Waals surface area contributed by atoms with Crippen LogP contribution < -0.4 is 14.8 Å². The minimum absolute atomic E-state index is 0.0244. The molecule has 0 spiro atoms. The standard InChI is InChI=1S/C16H19F3N4O2/c1-9-7-20-12(24-5)6-11(9)22-14-21-8-10(16(17,18)19)13(23-14)25-15(2,3)4/h6-8H,1-5H3,(H,20,21,22,23). The van der Waals surface area contributed by atoms with Crippen molar-refractivity contribution in [2.24, 2.45) is 0 Å². The van der Waals surface area contributed by atoms with Crippen LogP contribution in [-0.4, -0.2) is 27.7 Å². The molecule has 0 aliphatic carbocycles. The summed E-state index contributed by atoms with van der Waals surface area (Å²) in [6.07, 6.45) is -2.35. The maximum atomic E-state index is 13.1. The third-order valence-corrected chi connectivity index (χ3v) is 3.00. The van der Waals surface area contributed by atoms with Crippen molar-refractivity contribution in [2.45, 2.75) is 39.5 Å². The zero-order valence-electron chi connectivity index (χ0n) is 14.5. The summed E-state index contributed by atoms with van der Waals surface area (Å²) in [5, 5.41) is 2.86. The number of rotatable bonds is 4. The van der Waals surface area contributed by atoms with Crippen LogP contribution in [0.25, 0.3) is 0 Å². The first-order chi connectivity index (χ1) is 11.5. The van der Waals surface area contributed by atoms with Crippen LogP contribution in [0.1, 0.15) is 31.9 Å². The molecule has 0 amide bonds. The minimum Gasteiger partial charge on any atom is -0.481 e. The van der Waals surface area contributed by atoms with E-state index in [9.17, 15) is 13.2 Å². The molecule has 0 saturated heterocycles. The lowest BCUT2D eigenvalue weighted by molar-refractivity contribution is -0.140. The summed E-state index contributed by atoms with van der Waals surface area (Å²) < 4.78 is 49.8. The van der Waals surface area contributed by atoms with Gasteiger partial charge in [0.25, 0.3) is 0 Å². The molecule has 0 bridgehead atoms. The van der Waals surface area contributed by atoms with E-state index in [0.717, 1.165) is 5.56 Å². The van der Waals surface area contributed by atoms with Crippen molar-refractivity contribution in [3.63, 3.8) is 0 Å². The highest BCUT2D eigenvalue weighted by Crippen LogP contribution is 2.36. The Kier molecular flexibility index (Phi) is 5.05. The van der Waals surface area contributed by atoms with Crippen molar-refractivity contribution >= 4 is 11.6 Å². The SMILES string of the molecule is COc1cc(Nc2ncc(C(F)(F)F)c(OC(C)(C)C)n2)c(C)cn1. The van der Waals surface area contributed by atoms with Crippen LogP contribution >= 0.6 is 0 Å². The molecule has 0 aliphatic rings. The number of nitrogens with one attached hydrogen (secondary N) is 1. The molecule has 1 N–H and O–H groups in total. The third-order valence-electron chi connectivity index (χ3n) is 3.00. The number of hydrogen-bond donors (Lipinski definition) is 1. The Morgan fingerprint density at radius 1 is 1.08 bits per heavy atom. The summed E-state index contributed by atoms with van der Waals surface area (Å²) in [6.45, 7) is 6.70. The van der Waals surface area contributed by atoms with Crippen molar-refractivity contribution in [3.05, 3.63) is 29.6 Å². The normalized spacial score (nSPS) is 12.0. The average Bonchev–Trinajstić information content (AvgIpc) is 2.47. The molecule has 0 aromatic carbocycles. The van der Waals surface area contributed by atoms with Gasteiger partial charge in [-0.25, -0.2) is 9.97 Å². The van der Waals surface area contributed by atoms with Crippen LogP contribution in [0.4, 0.5) is 24.8 Å². The van der Waals surface area contributed by atoms with Crippen LogP contribution in [0.5, 0.6) is 11.8 Å². The molecule has 0 fully saturated rings. The van der Waals surface area contributed by atoms with E-state index in [1.54, 1.807) is 40.0 Å². The fourth-order valence-electron chi connectivity index (χ4n) is 1.86. The van der Waals surface area contributed by atoms with Gasteiger partial charge in [0.2, 0.25) is 17.7 Å². The van der Waals surface area contributed by atoms with Gasteiger partial charge in [-0.05, 0) is 33.3 Å². The van der Waals surface area contributed by atoms with Gasteiger partial charge in [0.05, 0.1) is 12.8 Å². The van der Waals surface area contributed by atoms with E-state index in [1.807, 2.05) is 0 Å². The Labute approximate surface area is 143 Å². The monoisotopic (exact) mass is 356 g/mol. The zero-order valence-corrected chi connectivity index (χ0v) is 14.5. The van der Waals surface area contributed by atoms with Crippen molar-refractivity contribution in [2.75, 3.05) is 12.4 Å². The molecule has 2 rings (SSSR count). The molecule has 6 nitrogen and oxygen atoms in total. The predicted molar refractivity (Wildman–Crippen MR) is 86.2 cm³/mol. The summed E-state index contributed by atoms with van der Waals surface area (Å²) in [6, 6.07) is 1.60. The molecular formula is C16H19F3N4O2. The van der Waals surface area contributed by atoms with E-state index < -0.39 is 23.2 Å². The second kappa shape index (κ2) is 6.73. The lowest BCUT2D eigenvalue weighted by Gasteiger charge is -2.23. The lowest BCUT2D eigenvalue weighted by atomic mass is 10.2. The van der Waals surface area contributed by atoms with E-state index in [2.05, 4.69) is 20.3 Å². The fraction of sp³-hybridized carbons (Fsp3) is 0.438. The number of aromatic nitrogens is 3. The summed E-state index contributed by atoms with van der Waals surface area (Å²) in [5.74, 6) is -0.203. The largest absolute Gasteiger partial charge is 0.481 e. The topological polar surface area (TPSA) is 69.2 Å². The van der Waals surface area contributed by atoms with E-state index in [-0.39, 0.29) is 5.95 Å². The maximum absolute atomic E-state index is 13.1. The second-order valence-corrected chi connectivity index (χ2v) is 6.29. The van der Waals surface area contributed by atoms with Crippen LogP contribution in [0.3, 0.4) is 0 Å². The van der Waals surface area contributed by atoms with Crippen LogP contribution in [-0.2, 0) is 6.18 Å². The van der Waals surface area contributed by atoms with Gasteiger partial charge in [0, 0.05) is 18.5 Å². The van der Waals surface area contributed by atoms with Crippen molar-refractivity contribution in [1.29, 1.82) is 0 Å². The molecule has 9 heteroatoms. The smallest absolute Gasteiger partial charge is 0.423 e. The zero-order chi connectivity index (χ0) is 18.8. The van der Waals surface area contributed by atoms with Crippen molar-refractivity contribution in [1.82, 2.24) is 15.0 Å². The molecule has 25 heavy (non-hydrogen) atoms. The summed E-state index contributed by atoms with van der Waals surface area (Å²) in [4.78, 5) is 11.7. The second-order valence-electron chi connectivity index (χ2n) is 6.29. The number of nitrogens with zero attached hydrogens (tertiary/aromatic N) is 3. The molecular weight excluding hydrogens is 337 g/mol. The van der Waals surface area contributed by atoms with Gasteiger partial charge >= 0.3 is 6.18 Å². The van der Waals surface area contributed by atoms with Crippen molar-refractivity contribution < 1.29 is 22.6 Å². The number of halogens is 3. The number of hydrogen-bond acceptors (Lipinski definition) is 6. The number of pyridine rings is 1. The molecule has 2 aromatic rings. The van der Waals surface area contributed by atoms with Gasteiger partial charge < -0.3 is 14.8 Å². The first-order valence-corrected chi connectivity index (χ1v) is 7.40. The van der Waals surface area contributed by atoms with Gasteiger partial charge in [-0.2, -0.15) is 18.2 Å². The number of anilines is 2. The highest BCUT2D eigenvalue weighted by molar-refractivity contribution is 5.59. The Balaban J connectivity index is 2.41. The minimum atomic E-state index is -4.62. The molecule has 0 saturated carbocycles. The van der Waals surface area contributed by atoms with Gasteiger partial charge in [-0.3, -0.25) is 0 Å². The molecule has 0 unspecified atom stereocenters. The molecule has 2 heterocycles. The fourth-order valence-corrected chi connectivity index (χ4v) is 1.86. The van der Waals surface area contributed by atoms with E-state index in [0.29, 0.717) is 17.8 Å². The van der Waals surface area contributed by atoms with Crippen molar-refractivity contribution in [3.8, 4) is 11.8 Å². The first-order valence-electron chi connectivity index (χ1n) is 7.40. The van der Waals surface area contributed by atoms with Gasteiger partial charge in [0.1, 0.15) is 11.2 Å². The lowest BCUT2D eigenvalue weighted by Crippen LogP contribution is -2.26. The maximum Gasteiger partial charge on any atom is 0.423 e. The van der Waals surface area contributed by atoms with Gasteiger partial charge in [0.15, 0.2) is 0 Å². The number of alkyl halides is 3. The number of methoxy groups -OCH3 is 1. The van der Waals surface area contributed by atoms with E-state index in [4.69, 9.17) is 9.47 Å². The number of ether oxygens (including phenoxy) is 2. The average molecular weight is 356 g/mol. The Morgan fingerprint density at radius 3 is 2.32 bits per heavy atom. The Hall–Kier alpha value is -2.58. The van der Waals surface area contributed by atoms with Gasteiger partial charge in [-0.1, -0.05) is 0 Å². The molecule has 0 aliphatic heterocycles. The predicted octanol–water partition coefficient (Wildman–Crippen LogP) is 4.13. The summed E-state index contributed by atoms with van der Waals surface area (Å²) in [7, 11) is 1.46. The summed E-state index contributed by atoms with van der Waals surface area (Å²) >= 11 is 0. The van der Waals surface area contributed by atoms with Gasteiger partial charge in [-0.15, -0.1) is 0 Å². The highest BCUT2D eigenvalue weighted by Gasteiger charge is 2.37. The van der Waals surface area contributed by atoms with Crippen LogP contribution in [0, 0.1) is 6.92 Å². The summed E-state index contributed by atoms with van der Waals surface area (Å²) in [5.41, 5.74) is -0.561. The Bertz CT molecular complexity index is 758. The van der Waals surface area contributed by atoms with Crippen LogP contribution in [0.15, 0.2) is 18.5 Å². The Morgan fingerprint density at radius 2 is 1.76 bits per heavy atom. The first kappa shape index (κ1) is 18.8. The third kappa shape index (κ3) is 4.94. The molecule has 0 atom stereocenters.